The molecule has 1 aliphatic heterocycles. The number of ether oxygens (including phenoxy) is 3. The molecule has 9 heteroatoms. The molecule has 0 amide bonds. The molecule has 2 heterocycles. The third-order valence-electron chi connectivity index (χ3n) is 3.38. The summed E-state index contributed by atoms with van der Waals surface area (Å²) < 4.78 is 16.5. The molecule has 0 aromatic carbocycles. The van der Waals surface area contributed by atoms with Gasteiger partial charge in [0.05, 0.1) is 6.61 Å². The van der Waals surface area contributed by atoms with Gasteiger partial charge in [-0.05, 0) is 6.92 Å². The molecule has 0 radical (unpaired) electrons. The van der Waals surface area contributed by atoms with Gasteiger partial charge in [-0.25, -0.2) is 9.59 Å². The van der Waals surface area contributed by atoms with Gasteiger partial charge in [0.2, 0.25) is 0 Å². The number of carbonyl (C=O) groups is 1. The topological polar surface area (TPSA) is 120 Å². The summed E-state index contributed by atoms with van der Waals surface area (Å²) in [6.45, 7) is 4.56. The lowest BCUT2D eigenvalue weighted by Gasteiger charge is -2.15. The van der Waals surface area contributed by atoms with Crippen LogP contribution in [0.3, 0.4) is 0 Å². The Morgan fingerprint density at radius 1 is 1.61 bits per heavy atom. The molecule has 1 aliphatic rings. The number of hydrogen-bond acceptors (Lipinski definition) is 7. The summed E-state index contributed by atoms with van der Waals surface area (Å²) in [6, 6.07) is 0. The normalized spacial score (nSPS) is 23.5. The molecule has 0 saturated carbocycles. The van der Waals surface area contributed by atoms with Gasteiger partial charge < -0.3 is 19.3 Å². The molecular weight excluding hydrogens is 308 g/mol. The number of aromatic nitrogens is 2. The second-order valence-corrected chi connectivity index (χ2v) is 5.03. The minimum Gasteiger partial charge on any atom is -0.430 e. The summed E-state index contributed by atoms with van der Waals surface area (Å²) in [5.41, 5.74) is -0.788. The number of carbonyl (C=O) groups excluding carboxylic acids is 1. The number of H-pyrrole nitrogens is 1. The van der Waals surface area contributed by atoms with Gasteiger partial charge in [-0.2, -0.15) is 0 Å². The van der Waals surface area contributed by atoms with Crippen molar-refractivity contribution in [1.82, 2.24) is 9.55 Å². The van der Waals surface area contributed by atoms with E-state index in [2.05, 4.69) is 11.6 Å². The van der Waals surface area contributed by atoms with Crippen LogP contribution in [0.2, 0.25) is 0 Å². The monoisotopic (exact) mass is 326 g/mol. The van der Waals surface area contributed by atoms with Crippen LogP contribution in [0.4, 0.5) is 4.79 Å². The molecule has 9 nitrogen and oxygen atoms in total. The average molecular weight is 326 g/mol. The Morgan fingerprint density at radius 3 is 3.00 bits per heavy atom. The highest BCUT2D eigenvalue weighted by Crippen LogP contribution is 2.29. The quantitative estimate of drug-likeness (QED) is 0.569. The second kappa shape index (κ2) is 7.25. The van der Waals surface area contributed by atoms with Crippen molar-refractivity contribution in [2.24, 2.45) is 0 Å². The zero-order valence-corrected chi connectivity index (χ0v) is 12.6. The van der Waals surface area contributed by atoms with Gasteiger partial charge in [0, 0.05) is 18.2 Å². The van der Waals surface area contributed by atoms with E-state index in [0.717, 1.165) is 0 Å². The minimum atomic E-state index is -0.914. The summed E-state index contributed by atoms with van der Waals surface area (Å²) >= 11 is 0. The van der Waals surface area contributed by atoms with Gasteiger partial charge in [0.1, 0.15) is 25.0 Å². The van der Waals surface area contributed by atoms with Gasteiger partial charge >= 0.3 is 11.8 Å². The van der Waals surface area contributed by atoms with Crippen LogP contribution in [0.25, 0.3) is 0 Å². The Morgan fingerprint density at radius 2 is 2.35 bits per heavy atom. The van der Waals surface area contributed by atoms with Gasteiger partial charge in [-0.1, -0.05) is 12.7 Å². The van der Waals surface area contributed by atoms with Crippen molar-refractivity contribution in [1.29, 1.82) is 0 Å². The molecule has 3 unspecified atom stereocenters. The summed E-state index contributed by atoms with van der Waals surface area (Å²) in [7, 11) is 0. The fraction of sp³-hybridized carbons (Fsp3) is 0.500. The summed E-state index contributed by atoms with van der Waals surface area (Å²) in [5, 5.41) is 9.34. The Balaban J connectivity index is 2.14. The van der Waals surface area contributed by atoms with Crippen molar-refractivity contribution in [2.75, 3.05) is 13.2 Å². The fourth-order valence-electron chi connectivity index (χ4n) is 2.24. The first-order valence-corrected chi connectivity index (χ1v) is 6.99. The van der Waals surface area contributed by atoms with E-state index in [9.17, 15) is 19.5 Å². The zero-order chi connectivity index (χ0) is 17.0. The predicted octanol–water partition coefficient (Wildman–Crippen LogP) is -0.167. The lowest BCUT2D eigenvalue weighted by Crippen LogP contribution is -2.33. The maximum atomic E-state index is 11.9. The largest absolute Gasteiger partial charge is 0.508 e. The van der Waals surface area contributed by atoms with Crippen molar-refractivity contribution in [3.63, 3.8) is 0 Å². The van der Waals surface area contributed by atoms with Crippen LogP contribution in [-0.2, 0) is 14.2 Å². The third kappa shape index (κ3) is 3.88. The summed E-state index contributed by atoms with van der Waals surface area (Å²) in [6.07, 6.45) is -0.369. The minimum absolute atomic E-state index is 0.00178. The molecule has 0 bridgehead atoms. The molecule has 1 saturated heterocycles. The number of aliphatic hydroxyl groups is 1. The first-order valence-electron chi connectivity index (χ1n) is 6.99. The van der Waals surface area contributed by atoms with Gasteiger partial charge in [0.25, 0.3) is 5.56 Å². The van der Waals surface area contributed by atoms with Crippen LogP contribution in [0.15, 0.2) is 28.4 Å². The Kier molecular flexibility index (Phi) is 5.35. The number of aromatic amines is 1. The number of hydrogen-bond donors (Lipinski definition) is 2. The molecule has 126 valence electrons. The van der Waals surface area contributed by atoms with E-state index < -0.39 is 42.4 Å². The van der Waals surface area contributed by atoms with E-state index in [1.807, 2.05) is 0 Å². The molecule has 3 atom stereocenters. The first-order chi connectivity index (χ1) is 11.0. The van der Waals surface area contributed by atoms with Crippen LogP contribution in [0, 0.1) is 6.92 Å². The number of nitrogens with one attached hydrogen (secondary N) is 1. The lowest BCUT2D eigenvalue weighted by atomic mass is 10.2. The molecule has 1 fully saturated rings. The van der Waals surface area contributed by atoms with E-state index in [1.165, 1.54) is 16.8 Å². The number of aliphatic hydroxyl groups excluding tert-OH is 1. The molecule has 0 spiro atoms. The molecule has 23 heavy (non-hydrogen) atoms. The van der Waals surface area contributed by atoms with Crippen molar-refractivity contribution in [3.8, 4) is 0 Å². The number of rotatable bonds is 5. The average Bonchev–Trinajstić information content (AvgIpc) is 2.91. The fourth-order valence-corrected chi connectivity index (χ4v) is 2.24. The van der Waals surface area contributed by atoms with E-state index in [-0.39, 0.29) is 13.0 Å². The highest BCUT2D eigenvalue weighted by molar-refractivity contribution is 5.60. The molecule has 0 aliphatic carbocycles. The number of nitrogens with zero attached hydrogens (tertiary/aromatic N) is 1. The second-order valence-electron chi connectivity index (χ2n) is 5.03. The smallest absolute Gasteiger partial charge is 0.430 e. The van der Waals surface area contributed by atoms with Crippen molar-refractivity contribution in [2.45, 2.75) is 31.8 Å². The van der Waals surface area contributed by atoms with Gasteiger partial charge in [-0.15, -0.1) is 0 Å². The van der Waals surface area contributed by atoms with Crippen molar-refractivity contribution < 1.29 is 24.1 Å². The third-order valence-corrected chi connectivity index (χ3v) is 3.38. The van der Waals surface area contributed by atoms with E-state index in [0.29, 0.717) is 5.56 Å². The summed E-state index contributed by atoms with van der Waals surface area (Å²) in [5.74, 6) is 0. The van der Waals surface area contributed by atoms with Crippen molar-refractivity contribution in [3.05, 3.63) is 45.3 Å². The summed E-state index contributed by atoms with van der Waals surface area (Å²) in [4.78, 5) is 36.9. The molecular formula is C14H18N2O7. The van der Waals surface area contributed by atoms with E-state index in [4.69, 9.17) is 14.2 Å². The molecule has 2 rings (SSSR count). The molecule has 1 aromatic heterocycles. The van der Waals surface area contributed by atoms with Crippen LogP contribution in [0.5, 0.6) is 0 Å². The van der Waals surface area contributed by atoms with Gasteiger partial charge in [0.15, 0.2) is 0 Å². The van der Waals surface area contributed by atoms with E-state index >= 15 is 0 Å². The number of aryl methyl sites for hydroxylation is 1. The van der Waals surface area contributed by atoms with Crippen LogP contribution < -0.4 is 11.2 Å². The van der Waals surface area contributed by atoms with Gasteiger partial charge in [-0.3, -0.25) is 14.3 Å². The van der Waals surface area contributed by atoms with Crippen molar-refractivity contribution >= 4 is 6.16 Å². The van der Waals surface area contributed by atoms with Crippen LogP contribution >= 0.6 is 0 Å². The van der Waals surface area contributed by atoms with Crippen LogP contribution in [0.1, 0.15) is 18.2 Å². The molecule has 2 N–H and O–H groups in total. The lowest BCUT2D eigenvalue weighted by molar-refractivity contribution is -0.0566. The Hall–Kier alpha value is -2.39. The molecule has 1 aromatic rings. The zero-order valence-electron chi connectivity index (χ0n) is 12.6. The highest BCUT2D eigenvalue weighted by atomic mass is 16.7. The van der Waals surface area contributed by atoms with Crippen LogP contribution in [-0.4, -0.2) is 46.2 Å². The maximum Gasteiger partial charge on any atom is 0.508 e. The first kappa shape index (κ1) is 17.0. The SMILES string of the molecule is C=CCOC(=O)OC1CC(n2cc(C)c(=O)[nH]c2=O)OC1CO. The predicted molar refractivity (Wildman–Crippen MR) is 78.1 cm³/mol. The highest BCUT2D eigenvalue weighted by Gasteiger charge is 2.39. The Labute approximate surface area is 131 Å². The maximum absolute atomic E-state index is 11.9. The Bertz CT molecular complexity index is 693. The van der Waals surface area contributed by atoms with E-state index in [1.54, 1.807) is 6.92 Å². The standard InChI is InChI=1S/C14H18N2O7/c1-3-4-21-14(20)23-9-5-11(22-10(9)7-17)16-6-8(2)12(18)15-13(16)19/h3,6,9-11,17H,1,4-5,7H2,2H3,(H,15,18,19).